The van der Waals surface area contributed by atoms with Gasteiger partial charge >= 0.3 is 6.03 Å². The maximum absolute atomic E-state index is 12.7. The van der Waals surface area contributed by atoms with Crippen molar-refractivity contribution in [3.63, 3.8) is 0 Å². The van der Waals surface area contributed by atoms with Crippen molar-refractivity contribution in [2.75, 3.05) is 37.7 Å². The summed E-state index contributed by atoms with van der Waals surface area (Å²) < 4.78 is 21.1. The molecule has 226 valence electrons. The monoisotopic (exact) mass is 578 g/mol. The number of anilines is 2. The molecule has 0 spiro atoms. The fraction of sp³-hybridized carbons (Fsp3) is 0.600. The lowest BCUT2D eigenvalue weighted by molar-refractivity contribution is -0.197. The fourth-order valence-corrected chi connectivity index (χ4v) is 6.09. The molecule has 6 rings (SSSR count). The van der Waals surface area contributed by atoms with Gasteiger partial charge in [-0.1, -0.05) is 32.9 Å². The van der Waals surface area contributed by atoms with E-state index in [4.69, 9.17) is 19.9 Å². The van der Waals surface area contributed by atoms with E-state index in [0.29, 0.717) is 30.1 Å². The van der Waals surface area contributed by atoms with Crippen LogP contribution >= 0.6 is 0 Å². The zero-order chi connectivity index (χ0) is 29.9. The number of carbonyl (C=O) groups excluding carboxylic acids is 1. The molecule has 2 saturated heterocycles. The molecule has 1 saturated carbocycles. The second-order valence-electron chi connectivity index (χ2n) is 13.5. The second-order valence-corrected chi connectivity index (χ2v) is 13.5. The van der Waals surface area contributed by atoms with Gasteiger partial charge in [-0.05, 0) is 56.8 Å². The average molecular weight is 579 g/mol. The van der Waals surface area contributed by atoms with Crippen LogP contribution in [-0.4, -0.2) is 81.2 Å². The molecule has 2 aliphatic heterocycles. The van der Waals surface area contributed by atoms with Gasteiger partial charge in [0.2, 0.25) is 0 Å². The van der Waals surface area contributed by atoms with Crippen molar-refractivity contribution >= 4 is 28.7 Å². The molecule has 12 nitrogen and oxygen atoms in total. The number of benzene rings is 1. The van der Waals surface area contributed by atoms with Crippen molar-refractivity contribution in [2.24, 2.45) is 5.41 Å². The van der Waals surface area contributed by atoms with Gasteiger partial charge in [0.25, 0.3) is 0 Å². The molecule has 4 heterocycles. The lowest BCUT2D eigenvalue weighted by Gasteiger charge is -2.29. The number of urea groups is 1. The fourth-order valence-electron chi connectivity index (χ4n) is 6.09. The van der Waals surface area contributed by atoms with Gasteiger partial charge in [-0.2, -0.15) is 0 Å². The van der Waals surface area contributed by atoms with Gasteiger partial charge in [0, 0.05) is 30.7 Å². The molecule has 42 heavy (non-hydrogen) atoms. The number of hydrogen-bond acceptors (Lipinski definition) is 9. The second kappa shape index (κ2) is 10.4. The Morgan fingerprint density at radius 3 is 2.52 bits per heavy atom. The van der Waals surface area contributed by atoms with E-state index in [2.05, 4.69) is 70.4 Å². The highest BCUT2D eigenvalue weighted by molar-refractivity contribution is 5.89. The van der Waals surface area contributed by atoms with E-state index in [0.717, 1.165) is 25.1 Å². The molecule has 4 atom stereocenters. The van der Waals surface area contributed by atoms with Gasteiger partial charge in [0.15, 0.2) is 23.5 Å². The Bertz CT molecular complexity index is 1450. The van der Waals surface area contributed by atoms with Crippen molar-refractivity contribution in [1.29, 1.82) is 0 Å². The molecule has 2 amide bonds. The summed E-state index contributed by atoms with van der Waals surface area (Å²) in [5, 5.41) is 6.05. The topological polar surface area (TPSA) is 142 Å². The number of likely N-dealkylation sites (N-methyl/N-ethyl adjacent to an activating group) is 1. The highest BCUT2D eigenvalue weighted by Gasteiger charge is 2.56. The van der Waals surface area contributed by atoms with Crippen LogP contribution in [0.5, 0.6) is 0 Å². The number of nitrogens with two attached hydrogens (primary N) is 1. The number of nitrogen functional groups attached to an aromatic ring is 1. The van der Waals surface area contributed by atoms with E-state index >= 15 is 0 Å². The van der Waals surface area contributed by atoms with Crippen LogP contribution < -0.4 is 16.4 Å². The van der Waals surface area contributed by atoms with Crippen molar-refractivity contribution in [3.8, 4) is 0 Å². The van der Waals surface area contributed by atoms with E-state index in [1.165, 1.54) is 11.9 Å². The standard InChI is InChI=1S/C30H42N8O4/c1-28(2,3)18-7-9-19(10-8-18)36-27(39)32-14-30(11-12-30)15-37(6)13-20-22-23(42-29(4,5)41-22)26(40-20)38-17-35-21-24(31)33-16-34-25(21)38/h7-10,16-17,20,22-23,26H,11-15H2,1-6H3,(H2,31,33,34)(H2,32,36,39). The maximum Gasteiger partial charge on any atom is 0.319 e. The molecule has 0 radical (unpaired) electrons. The number of aromatic nitrogens is 4. The van der Waals surface area contributed by atoms with Gasteiger partial charge in [-0.15, -0.1) is 0 Å². The minimum Gasteiger partial charge on any atom is -0.382 e. The number of amides is 2. The maximum atomic E-state index is 12.7. The van der Waals surface area contributed by atoms with E-state index < -0.39 is 12.0 Å². The average Bonchev–Trinajstić information content (AvgIpc) is 3.23. The number of nitrogens with one attached hydrogen (secondary N) is 2. The molecule has 1 aliphatic carbocycles. The van der Waals surface area contributed by atoms with Crippen molar-refractivity contribution < 1.29 is 19.0 Å². The van der Waals surface area contributed by atoms with Crippen LogP contribution in [0.4, 0.5) is 16.3 Å². The normalized spacial score (nSPS) is 26.0. The number of ether oxygens (including phenoxy) is 3. The highest BCUT2D eigenvalue weighted by Crippen LogP contribution is 2.47. The lowest BCUT2D eigenvalue weighted by Crippen LogP contribution is -2.43. The van der Waals surface area contributed by atoms with Gasteiger partial charge in [-0.3, -0.25) is 4.57 Å². The first-order chi connectivity index (χ1) is 19.8. The van der Waals surface area contributed by atoms with Crippen molar-refractivity contribution in [1.82, 2.24) is 29.7 Å². The molecule has 0 bridgehead atoms. The third-order valence-corrected chi connectivity index (χ3v) is 8.47. The summed E-state index contributed by atoms with van der Waals surface area (Å²) in [6.45, 7) is 12.4. The van der Waals surface area contributed by atoms with Crippen LogP contribution in [0.25, 0.3) is 11.2 Å². The van der Waals surface area contributed by atoms with Gasteiger partial charge in [-0.25, -0.2) is 19.7 Å². The Kier molecular flexibility index (Phi) is 7.16. The molecule has 1 aromatic carbocycles. The predicted molar refractivity (Wildman–Crippen MR) is 159 cm³/mol. The molecule has 12 heteroatoms. The minimum atomic E-state index is -0.735. The summed E-state index contributed by atoms with van der Waals surface area (Å²) in [5.41, 5.74) is 9.27. The molecule has 3 fully saturated rings. The summed E-state index contributed by atoms with van der Waals surface area (Å²) in [4.78, 5) is 27.8. The number of imidazole rings is 1. The minimum absolute atomic E-state index is 0.0425. The summed E-state index contributed by atoms with van der Waals surface area (Å²) in [6.07, 6.45) is 3.94. The third kappa shape index (κ3) is 5.81. The van der Waals surface area contributed by atoms with E-state index in [9.17, 15) is 4.79 Å². The summed E-state index contributed by atoms with van der Waals surface area (Å²) in [6, 6.07) is 7.84. The summed E-state index contributed by atoms with van der Waals surface area (Å²) in [7, 11) is 2.09. The molecular formula is C30H42N8O4. The van der Waals surface area contributed by atoms with Gasteiger partial charge < -0.3 is 35.5 Å². The number of hydrogen-bond donors (Lipinski definition) is 3. The van der Waals surface area contributed by atoms with E-state index in [-0.39, 0.29) is 35.2 Å². The Hall–Kier alpha value is -3.32. The molecular weight excluding hydrogens is 536 g/mol. The zero-order valence-electron chi connectivity index (χ0n) is 25.3. The Balaban J connectivity index is 1.06. The first kappa shape index (κ1) is 28.8. The molecule has 3 aliphatic rings. The number of nitrogens with zero attached hydrogens (tertiary/aromatic N) is 5. The van der Waals surface area contributed by atoms with Crippen LogP contribution in [0.1, 0.15) is 59.3 Å². The third-order valence-electron chi connectivity index (χ3n) is 8.47. The predicted octanol–water partition coefficient (Wildman–Crippen LogP) is 3.66. The zero-order valence-corrected chi connectivity index (χ0v) is 25.3. The van der Waals surface area contributed by atoms with Crippen LogP contribution in [0.3, 0.4) is 0 Å². The van der Waals surface area contributed by atoms with Crippen LogP contribution in [0, 0.1) is 5.41 Å². The van der Waals surface area contributed by atoms with Crippen molar-refractivity contribution in [2.45, 2.75) is 83.2 Å². The molecule has 2 aromatic heterocycles. The highest BCUT2D eigenvalue weighted by atomic mass is 16.8. The van der Waals surface area contributed by atoms with Gasteiger partial charge in [0.05, 0.1) is 6.33 Å². The summed E-state index contributed by atoms with van der Waals surface area (Å²) >= 11 is 0. The van der Waals surface area contributed by atoms with E-state index in [1.807, 2.05) is 30.5 Å². The number of fused-ring (bicyclic) bond motifs is 2. The summed E-state index contributed by atoms with van der Waals surface area (Å²) in [5.74, 6) is -0.412. The van der Waals surface area contributed by atoms with Crippen LogP contribution in [0.15, 0.2) is 36.9 Å². The number of rotatable bonds is 8. The molecule has 3 aromatic rings. The van der Waals surface area contributed by atoms with Crippen LogP contribution in [-0.2, 0) is 19.6 Å². The number of carbonyl (C=O) groups is 1. The molecule has 4 N–H and O–H groups in total. The molecule has 4 unspecified atom stereocenters. The smallest absolute Gasteiger partial charge is 0.319 e. The van der Waals surface area contributed by atoms with Crippen molar-refractivity contribution in [3.05, 3.63) is 42.5 Å². The Morgan fingerprint density at radius 2 is 1.83 bits per heavy atom. The SMILES string of the molecule is CN(CC1OC(n2cnc3c(N)ncnc32)C2OC(C)(C)OC12)CC1(CNC(=O)Nc2ccc(C(C)(C)C)cc2)CC1. The van der Waals surface area contributed by atoms with E-state index in [1.54, 1.807) is 6.33 Å². The van der Waals surface area contributed by atoms with Crippen LogP contribution in [0.2, 0.25) is 0 Å². The van der Waals surface area contributed by atoms with Gasteiger partial charge in [0.1, 0.15) is 30.2 Å². The Morgan fingerprint density at radius 1 is 1.12 bits per heavy atom. The quantitative estimate of drug-likeness (QED) is 0.365. The largest absolute Gasteiger partial charge is 0.382 e. The Labute approximate surface area is 246 Å². The first-order valence-electron chi connectivity index (χ1n) is 14.6. The lowest BCUT2D eigenvalue weighted by atomic mass is 9.87. The first-order valence-corrected chi connectivity index (χ1v) is 14.6.